The van der Waals surface area contributed by atoms with E-state index in [-0.39, 0.29) is 30.6 Å². The minimum Gasteiger partial charge on any atom is -1.00 e. The van der Waals surface area contributed by atoms with Crippen LogP contribution in [0.3, 0.4) is 0 Å². The van der Waals surface area contributed by atoms with Crippen LogP contribution in [0.2, 0.25) is 0 Å². The maximum absolute atomic E-state index is 7.57. The van der Waals surface area contributed by atoms with Gasteiger partial charge in [0.1, 0.15) is 0 Å². The normalized spacial score (nSPS) is 11.4. The van der Waals surface area contributed by atoms with E-state index in [4.69, 9.17) is 10.8 Å². The average Bonchev–Trinajstić information content (AvgIpc) is 1.98. The molecule has 0 aromatic rings. The van der Waals surface area contributed by atoms with Crippen molar-refractivity contribution in [2.75, 3.05) is 40.8 Å². The van der Waals surface area contributed by atoms with E-state index in [9.17, 15) is 0 Å². The van der Waals surface area contributed by atoms with Crippen molar-refractivity contribution in [1.29, 1.82) is 0 Å². The van der Waals surface area contributed by atoms with Gasteiger partial charge in [-0.05, 0) is 18.9 Å². The predicted octanol–water partition coefficient (Wildman–Crippen LogP) is -0.267. The molecule has 0 saturated heterocycles. The van der Waals surface area contributed by atoms with Crippen molar-refractivity contribution in [2.45, 2.75) is 48.5 Å². The number of aliphatic hydroxyl groups is 1. The first-order chi connectivity index (χ1) is 7.68. The van der Waals surface area contributed by atoms with Crippen molar-refractivity contribution in [2.24, 2.45) is 16.6 Å². The highest BCUT2D eigenvalue weighted by atomic mass is 127. The van der Waals surface area contributed by atoms with E-state index in [1.807, 2.05) is 0 Å². The molecule has 19 heavy (non-hydrogen) atoms. The highest BCUT2D eigenvalue weighted by molar-refractivity contribution is 4.59. The molecule has 0 spiro atoms. The van der Waals surface area contributed by atoms with Crippen LogP contribution >= 0.6 is 0 Å². The molecule has 0 bridgehead atoms. The lowest BCUT2D eigenvalue weighted by atomic mass is 9.96. The van der Waals surface area contributed by atoms with Crippen LogP contribution in [0, 0.1) is 10.8 Å². The zero-order chi connectivity index (χ0) is 15.6. The van der Waals surface area contributed by atoms with E-state index in [1.165, 1.54) is 6.54 Å². The third-order valence-corrected chi connectivity index (χ3v) is 1.56. The highest BCUT2D eigenvalue weighted by Gasteiger charge is 2.19. The standard InChI is InChI=1S/C8H20N.C5H13N.C2H6O.HI/c1-8(2,3)7-9(4,5)6;1-5(2,3)4-6;1-2-3;/h7H2,1-6H3;4,6H2,1-3H3;3H,2H2,1H3;1H/q+1;;;/p-1. The van der Waals surface area contributed by atoms with Gasteiger partial charge >= 0.3 is 0 Å². The number of aliphatic hydroxyl groups excluding tert-OH is 1. The molecular formula is C15H39IN2O. The van der Waals surface area contributed by atoms with Gasteiger partial charge in [-0.15, -0.1) is 0 Å². The van der Waals surface area contributed by atoms with Gasteiger partial charge in [-0.3, -0.25) is 0 Å². The van der Waals surface area contributed by atoms with Gasteiger partial charge in [0.2, 0.25) is 0 Å². The van der Waals surface area contributed by atoms with E-state index in [1.54, 1.807) is 6.92 Å². The van der Waals surface area contributed by atoms with Gasteiger partial charge in [-0.2, -0.15) is 0 Å². The SMILES string of the molecule is CC(C)(C)CN.CC(C)(C)C[N+](C)(C)C.CCO.[I-]. The summed E-state index contributed by atoms with van der Waals surface area (Å²) in [6, 6.07) is 0. The summed E-state index contributed by atoms with van der Waals surface area (Å²) in [5, 5.41) is 7.57. The van der Waals surface area contributed by atoms with E-state index in [0.29, 0.717) is 10.8 Å². The minimum absolute atomic E-state index is 0. The van der Waals surface area contributed by atoms with Crippen LogP contribution in [-0.4, -0.2) is 50.4 Å². The van der Waals surface area contributed by atoms with Crippen LogP contribution in [0.25, 0.3) is 0 Å². The average molecular weight is 390 g/mol. The third-order valence-electron chi connectivity index (χ3n) is 1.56. The van der Waals surface area contributed by atoms with Crippen LogP contribution in [0.1, 0.15) is 48.5 Å². The largest absolute Gasteiger partial charge is 1.00 e. The van der Waals surface area contributed by atoms with Crippen molar-refractivity contribution in [3.8, 4) is 0 Å². The van der Waals surface area contributed by atoms with Gasteiger partial charge in [0, 0.05) is 12.0 Å². The summed E-state index contributed by atoms with van der Waals surface area (Å²) < 4.78 is 1.06. The number of rotatable bonds is 1. The topological polar surface area (TPSA) is 46.2 Å². The Hall–Kier alpha value is 0.610. The summed E-state index contributed by atoms with van der Waals surface area (Å²) in [6.45, 7) is 17.1. The van der Waals surface area contributed by atoms with E-state index in [0.717, 1.165) is 11.0 Å². The van der Waals surface area contributed by atoms with Gasteiger partial charge in [0.15, 0.2) is 0 Å². The van der Waals surface area contributed by atoms with Crippen LogP contribution in [-0.2, 0) is 0 Å². The second-order valence-corrected chi connectivity index (χ2v) is 8.09. The molecule has 3 N–H and O–H groups in total. The first-order valence-electron chi connectivity index (χ1n) is 6.80. The fourth-order valence-electron chi connectivity index (χ4n) is 1.42. The summed E-state index contributed by atoms with van der Waals surface area (Å²) in [7, 11) is 6.68. The highest BCUT2D eigenvalue weighted by Crippen LogP contribution is 2.15. The van der Waals surface area contributed by atoms with Crippen LogP contribution in [0.5, 0.6) is 0 Å². The molecular weight excluding hydrogens is 351 g/mol. The molecule has 0 aromatic heterocycles. The minimum atomic E-state index is 0. The maximum Gasteiger partial charge on any atom is 0.0829 e. The molecule has 0 rings (SSSR count). The molecule has 4 heteroatoms. The molecule has 0 aliphatic heterocycles. The molecule has 0 aromatic carbocycles. The zero-order valence-electron chi connectivity index (χ0n) is 15.0. The first-order valence-corrected chi connectivity index (χ1v) is 6.80. The second kappa shape index (κ2) is 12.4. The number of hydrogen-bond donors (Lipinski definition) is 2. The monoisotopic (exact) mass is 390 g/mol. The Labute approximate surface area is 139 Å². The van der Waals surface area contributed by atoms with Crippen LogP contribution in [0.15, 0.2) is 0 Å². The Kier molecular flexibility index (Phi) is 18.1. The first kappa shape index (κ1) is 27.9. The van der Waals surface area contributed by atoms with E-state index < -0.39 is 0 Å². The third kappa shape index (κ3) is 55.6. The lowest BCUT2D eigenvalue weighted by Gasteiger charge is -2.31. The molecule has 0 atom stereocenters. The fraction of sp³-hybridized carbons (Fsp3) is 1.00. The Bertz CT molecular complexity index is 164. The lowest BCUT2D eigenvalue weighted by molar-refractivity contribution is -0.876. The van der Waals surface area contributed by atoms with E-state index in [2.05, 4.69) is 62.7 Å². The molecule has 0 heterocycles. The molecule has 0 aliphatic rings. The second-order valence-electron chi connectivity index (χ2n) is 8.09. The quantitative estimate of drug-likeness (QED) is 0.479. The lowest BCUT2D eigenvalue weighted by Crippen LogP contribution is -3.00. The van der Waals surface area contributed by atoms with Crippen molar-refractivity contribution in [1.82, 2.24) is 0 Å². The molecule has 0 saturated carbocycles. The zero-order valence-corrected chi connectivity index (χ0v) is 17.1. The summed E-state index contributed by atoms with van der Waals surface area (Å²) in [5.74, 6) is 0. The summed E-state index contributed by atoms with van der Waals surface area (Å²) in [6.07, 6.45) is 0. The summed E-state index contributed by atoms with van der Waals surface area (Å²) in [5.41, 5.74) is 6.08. The van der Waals surface area contributed by atoms with Crippen molar-refractivity contribution >= 4 is 0 Å². The van der Waals surface area contributed by atoms with Gasteiger partial charge in [0.25, 0.3) is 0 Å². The van der Waals surface area contributed by atoms with Gasteiger partial charge in [-0.25, -0.2) is 0 Å². The van der Waals surface area contributed by atoms with Gasteiger partial charge in [-0.1, -0.05) is 41.5 Å². The van der Waals surface area contributed by atoms with Crippen molar-refractivity contribution < 1.29 is 33.6 Å². The van der Waals surface area contributed by atoms with Gasteiger partial charge in [0.05, 0.1) is 27.7 Å². The van der Waals surface area contributed by atoms with Crippen LogP contribution in [0.4, 0.5) is 0 Å². The number of quaternary nitrogens is 1. The molecule has 0 amide bonds. The Morgan fingerprint density at radius 2 is 1.11 bits per heavy atom. The predicted molar refractivity (Wildman–Crippen MR) is 83.6 cm³/mol. The number of halogens is 1. The van der Waals surface area contributed by atoms with Crippen molar-refractivity contribution in [3.63, 3.8) is 0 Å². The molecule has 0 unspecified atom stereocenters. The molecule has 0 fully saturated rings. The number of nitrogens with zero attached hydrogens (tertiary/aromatic N) is 1. The number of hydrogen-bond acceptors (Lipinski definition) is 2. The van der Waals surface area contributed by atoms with Gasteiger partial charge < -0.3 is 39.3 Å². The summed E-state index contributed by atoms with van der Waals surface area (Å²) >= 11 is 0. The summed E-state index contributed by atoms with van der Waals surface area (Å²) in [4.78, 5) is 0. The van der Waals surface area contributed by atoms with Crippen LogP contribution < -0.4 is 29.7 Å². The smallest absolute Gasteiger partial charge is 0.0829 e. The van der Waals surface area contributed by atoms with E-state index >= 15 is 0 Å². The molecule has 3 nitrogen and oxygen atoms in total. The molecule has 122 valence electrons. The Morgan fingerprint density at radius 3 is 1.11 bits per heavy atom. The Balaban J connectivity index is -0.0000000982. The molecule has 0 radical (unpaired) electrons. The Morgan fingerprint density at radius 1 is 0.895 bits per heavy atom. The van der Waals surface area contributed by atoms with Crippen molar-refractivity contribution in [3.05, 3.63) is 0 Å². The molecule has 0 aliphatic carbocycles. The number of nitrogens with two attached hydrogens (primary N) is 1. The maximum atomic E-state index is 7.57. The fourth-order valence-corrected chi connectivity index (χ4v) is 1.42.